The van der Waals surface area contributed by atoms with E-state index in [1.54, 1.807) is 12.4 Å². The van der Waals surface area contributed by atoms with Crippen LogP contribution in [0, 0.1) is 5.92 Å². The van der Waals surface area contributed by atoms with E-state index in [4.69, 9.17) is 0 Å². The van der Waals surface area contributed by atoms with E-state index >= 15 is 0 Å². The average molecular weight is 317 g/mol. The topological polar surface area (TPSA) is 78.9 Å². The first kappa shape index (κ1) is 13.8. The molecule has 1 N–H and O–H groups in total. The van der Waals surface area contributed by atoms with E-state index in [-0.39, 0.29) is 17.2 Å². The van der Waals surface area contributed by atoms with Crippen LogP contribution >= 0.6 is 11.8 Å². The van der Waals surface area contributed by atoms with Gasteiger partial charge in [0.05, 0.1) is 5.75 Å². The van der Waals surface area contributed by atoms with Gasteiger partial charge in [-0.3, -0.25) is 4.90 Å². The summed E-state index contributed by atoms with van der Waals surface area (Å²) in [7, 11) is -3.71. The van der Waals surface area contributed by atoms with Gasteiger partial charge in [-0.15, -0.1) is 4.28 Å². The van der Waals surface area contributed by atoms with Gasteiger partial charge in [0, 0.05) is 18.6 Å². The number of hydrogen-bond acceptors (Lipinski definition) is 6. The highest BCUT2D eigenvalue weighted by Crippen LogP contribution is 2.32. The van der Waals surface area contributed by atoms with E-state index < -0.39 is 16.1 Å². The SMILES string of the molecule is O=C(NOS(=O)(=O)CC1CCC1)N1C=CN2C=CSC21. The monoisotopic (exact) mass is 317 g/mol. The lowest BCUT2D eigenvalue weighted by atomic mass is 9.87. The summed E-state index contributed by atoms with van der Waals surface area (Å²) in [5, 5.41) is 1.86. The molecule has 1 atom stereocenters. The summed E-state index contributed by atoms with van der Waals surface area (Å²) in [5.41, 5.74) is 1.81. The summed E-state index contributed by atoms with van der Waals surface area (Å²) >= 11 is 1.45. The number of hydroxylamine groups is 1. The summed E-state index contributed by atoms with van der Waals surface area (Å²) in [4.78, 5) is 15.1. The standard InChI is InChI=1S/C11H15N3O4S2/c15-10(14-5-4-13-6-7-19-11(13)14)12-18-20(16,17)8-9-2-1-3-9/h4-7,9,11H,1-3,8H2,(H,12,15). The number of fused-ring (bicyclic) bond motifs is 1. The van der Waals surface area contributed by atoms with E-state index in [0.717, 1.165) is 19.3 Å². The van der Waals surface area contributed by atoms with E-state index in [1.807, 2.05) is 22.0 Å². The van der Waals surface area contributed by atoms with Gasteiger partial charge in [-0.1, -0.05) is 18.2 Å². The molecule has 1 saturated carbocycles. The van der Waals surface area contributed by atoms with Crippen molar-refractivity contribution in [3.8, 4) is 0 Å². The first-order valence-electron chi connectivity index (χ1n) is 6.32. The molecule has 0 spiro atoms. The fraction of sp³-hybridized carbons (Fsp3) is 0.545. The van der Waals surface area contributed by atoms with Crippen molar-refractivity contribution in [2.24, 2.45) is 5.92 Å². The number of nitrogens with one attached hydrogen (secondary N) is 1. The van der Waals surface area contributed by atoms with Crippen LogP contribution in [0.25, 0.3) is 0 Å². The Labute approximate surface area is 121 Å². The molecule has 7 nitrogen and oxygen atoms in total. The van der Waals surface area contributed by atoms with Crippen LogP contribution in [0.3, 0.4) is 0 Å². The predicted octanol–water partition coefficient (Wildman–Crippen LogP) is 1.35. The third-order valence-electron chi connectivity index (χ3n) is 3.48. The summed E-state index contributed by atoms with van der Waals surface area (Å²) in [6, 6.07) is -0.595. The van der Waals surface area contributed by atoms with Gasteiger partial charge in [-0.2, -0.15) is 13.9 Å². The van der Waals surface area contributed by atoms with E-state index in [1.165, 1.54) is 16.7 Å². The molecule has 2 heterocycles. The maximum atomic E-state index is 11.9. The van der Waals surface area contributed by atoms with Gasteiger partial charge in [0.15, 0.2) is 5.50 Å². The number of carbonyl (C=O) groups excluding carboxylic acids is 1. The Hall–Kier alpha value is -1.19. The van der Waals surface area contributed by atoms with Crippen molar-refractivity contribution < 1.29 is 17.5 Å². The number of urea groups is 1. The molecule has 1 aliphatic carbocycles. The largest absolute Gasteiger partial charge is 0.348 e. The summed E-state index contributed by atoms with van der Waals surface area (Å²) < 4.78 is 28.0. The first-order valence-corrected chi connectivity index (χ1v) is 8.84. The third-order valence-corrected chi connectivity index (χ3v) is 5.69. The maximum absolute atomic E-state index is 11.9. The Bertz CT molecular complexity index is 556. The molecule has 2 aliphatic heterocycles. The zero-order chi connectivity index (χ0) is 14.2. The van der Waals surface area contributed by atoms with E-state index in [2.05, 4.69) is 4.28 Å². The molecule has 1 fully saturated rings. The molecule has 0 aromatic rings. The van der Waals surface area contributed by atoms with Crippen LogP contribution in [0.15, 0.2) is 24.0 Å². The zero-order valence-corrected chi connectivity index (χ0v) is 12.3. The fourth-order valence-corrected chi connectivity index (χ4v) is 4.28. The molecule has 0 bridgehead atoms. The van der Waals surface area contributed by atoms with Crippen molar-refractivity contribution in [2.75, 3.05) is 5.75 Å². The number of rotatable bonds is 4. The number of hydrogen-bond donors (Lipinski definition) is 1. The minimum atomic E-state index is -3.71. The first-order chi connectivity index (χ1) is 9.55. The molecule has 1 unspecified atom stereocenters. The molecule has 20 heavy (non-hydrogen) atoms. The van der Waals surface area contributed by atoms with Crippen molar-refractivity contribution >= 4 is 27.9 Å². The third kappa shape index (κ3) is 2.79. The summed E-state index contributed by atoms with van der Waals surface area (Å²) in [6.07, 6.45) is 8.04. The second-order valence-corrected chi connectivity index (χ2v) is 7.49. The Morgan fingerprint density at radius 1 is 1.35 bits per heavy atom. The number of nitrogens with zero attached hydrogens (tertiary/aromatic N) is 2. The van der Waals surface area contributed by atoms with E-state index in [0.29, 0.717) is 0 Å². The quantitative estimate of drug-likeness (QED) is 0.789. The van der Waals surface area contributed by atoms with Crippen LogP contribution < -0.4 is 5.48 Å². The lowest BCUT2D eigenvalue weighted by Crippen LogP contribution is -2.43. The lowest BCUT2D eigenvalue weighted by molar-refractivity contribution is 0.150. The molecule has 9 heteroatoms. The molecule has 0 aromatic carbocycles. The highest BCUT2D eigenvalue weighted by molar-refractivity contribution is 8.02. The predicted molar refractivity (Wildman–Crippen MR) is 74.1 cm³/mol. The Kier molecular flexibility index (Phi) is 3.65. The van der Waals surface area contributed by atoms with Gasteiger partial charge in [-0.05, 0) is 24.2 Å². The van der Waals surface area contributed by atoms with Crippen LogP contribution in [0.2, 0.25) is 0 Å². The van der Waals surface area contributed by atoms with Crippen molar-refractivity contribution in [2.45, 2.75) is 24.8 Å². The molecule has 110 valence electrons. The molecule has 3 rings (SSSR count). The van der Waals surface area contributed by atoms with Crippen molar-refractivity contribution in [1.29, 1.82) is 0 Å². The van der Waals surface area contributed by atoms with Gasteiger partial charge >= 0.3 is 6.03 Å². The highest BCUT2D eigenvalue weighted by atomic mass is 32.2. The van der Waals surface area contributed by atoms with Gasteiger partial charge in [0.1, 0.15) is 0 Å². The molecule has 0 saturated heterocycles. The zero-order valence-electron chi connectivity index (χ0n) is 10.6. The minimum Gasteiger partial charge on any atom is -0.322 e. The second-order valence-electron chi connectivity index (χ2n) is 4.91. The number of carbonyl (C=O) groups is 1. The van der Waals surface area contributed by atoms with Crippen LogP contribution in [-0.4, -0.2) is 35.5 Å². The normalized spacial score (nSPS) is 24.9. The Morgan fingerprint density at radius 2 is 2.15 bits per heavy atom. The Morgan fingerprint density at radius 3 is 2.85 bits per heavy atom. The van der Waals surface area contributed by atoms with Crippen LogP contribution in [0.5, 0.6) is 0 Å². The van der Waals surface area contributed by atoms with Gasteiger partial charge in [0.25, 0.3) is 10.1 Å². The van der Waals surface area contributed by atoms with Crippen LogP contribution in [-0.2, 0) is 14.4 Å². The van der Waals surface area contributed by atoms with Crippen LogP contribution in [0.4, 0.5) is 4.79 Å². The molecule has 0 aromatic heterocycles. The Balaban J connectivity index is 1.50. The minimum absolute atomic E-state index is 0.0328. The highest BCUT2D eigenvalue weighted by Gasteiger charge is 2.33. The molecule has 0 radical (unpaired) electrons. The van der Waals surface area contributed by atoms with Crippen molar-refractivity contribution in [1.82, 2.24) is 15.3 Å². The number of amides is 2. The van der Waals surface area contributed by atoms with Gasteiger partial charge in [-0.25, -0.2) is 4.79 Å². The molecule has 3 aliphatic rings. The summed E-state index contributed by atoms with van der Waals surface area (Å²) in [5.74, 6) is 0.128. The fourth-order valence-electron chi connectivity index (χ4n) is 2.18. The molecular formula is C11H15N3O4S2. The summed E-state index contributed by atoms with van der Waals surface area (Å²) in [6.45, 7) is 0. The average Bonchev–Trinajstić information content (AvgIpc) is 2.93. The molecule has 2 amide bonds. The van der Waals surface area contributed by atoms with E-state index in [9.17, 15) is 13.2 Å². The van der Waals surface area contributed by atoms with Gasteiger partial charge < -0.3 is 4.90 Å². The second kappa shape index (κ2) is 5.30. The van der Waals surface area contributed by atoms with Crippen molar-refractivity contribution in [3.05, 3.63) is 24.0 Å². The van der Waals surface area contributed by atoms with Gasteiger partial charge in [0.2, 0.25) is 0 Å². The van der Waals surface area contributed by atoms with Crippen LogP contribution in [0.1, 0.15) is 19.3 Å². The maximum Gasteiger partial charge on any atom is 0.348 e. The molecular weight excluding hydrogens is 302 g/mol. The van der Waals surface area contributed by atoms with Crippen molar-refractivity contribution in [3.63, 3.8) is 0 Å². The number of thioether (sulfide) groups is 1. The lowest BCUT2D eigenvalue weighted by Gasteiger charge is -2.25. The smallest absolute Gasteiger partial charge is 0.322 e.